The summed E-state index contributed by atoms with van der Waals surface area (Å²) in [6, 6.07) is 3.99. The summed E-state index contributed by atoms with van der Waals surface area (Å²) in [4.78, 5) is 11.6. The van der Waals surface area contributed by atoms with Crippen LogP contribution in [-0.4, -0.2) is 19.0 Å². The van der Waals surface area contributed by atoms with Crippen LogP contribution in [0.4, 0.5) is 4.39 Å². The quantitative estimate of drug-likeness (QED) is 0.817. The van der Waals surface area contributed by atoms with Crippen LogP contribution in [0.5, 0.6) is 0 Å². The van der Waals surface area contributed by atoms with Crippen LogP contribution in [0.3, 0.4) is 0 Å². The van der Waals surface area contributed by atoms with E-state index in [-0.39, 0.29) is 24.1 Å². The van der Waals surface area contributed by atoms with Crippen molar-refractivity contribution in [2.24, 2.45) is 5.73 Å². The van der Waals surface area contributed by atoms with Crippen LogP contribution in [0.1, 0.15) is 23.2 Å². The molecule has 0 radical (unpaired) electrons. The number of benzene rings is 1. The molecule has 0 heterocycles. The molecule has 3 N–H and O–H groups in total. The van der Waals surface area contributed by atoms with E-state index in [1.165, 1.54) is 18.2 Å². The number of rotatable bonds is 5. The van der Waals surface area contributed by atoms with Crippen LogP contribution in [0, 0.1) is 5.82 Å². The van der Waals surface area contributed by atoms with Gasteiger partial charge in [-0.2, -0.15) is 0 Å². The van der Waals surface area contributed by atoms with Gasteiger partial charge in [0.1, 0.15) is 5.82 Å². The summed E-state index contributed by atoms with van der Waals surface area (Å²) in [6.07, 6.45) is 1.73. The summed E-state index contributed by atoms with van der Waals surface area (Å²) < 4.78 is 13.2. The van der Waals surface area contributed by atoms with Gasteiger partial charge >= 0.3 is 0 Å². The molecule has 1 amide bonds. The van der Waals surface area contributed by atoms with E-state index in [0.29, 0.717) is 23.1 Å². The molecule has 1 aromatic rings. The fraction of sp³-hybridized carbons (Fsp3) is 0.364. The molecule has 0 fully saturated rings. The van der Waals surface area contributed by atoms with Gasteiger partial charge in [0.2, 0.25) is 0 Å². The highest BCUT2D eigenvalue weighted by atomic mass is 79.9. The van der Waals surface area contributed by atoms with Crippen molar-refractivity contribution in [2.45, 2.75) is 12.8 Å². The summed E-state index contributed by atoms with van der Waals surface area (Å²) in [6.45, 7) is 1.20. The van der Waals surface area contributed by atoms with Crippen molar-refractivity contribution in [1.29, 1.82) is 0 Å². The number of nitrogens with two attached hydrogens (primary N) is 1. The lowest BCUT2D eigenvalue weighted by Crippen LogP contribution is -2.25. The summed E-state index contributed by atoms with van der Waals surface area (Å²) in [7, 11) is 0. The Morgan fingerprint density at radius 3 is 2.71 bits per heavy atom. The van der Waals surface area contributed by atoms with E-state index >= 15 is 0 Å². The van der Waals surface area contributed by atoms with Gasteiger partial charge in [-0.3, -0.25) is 4.79 Å². The Balaban J connectivity index is 0.00000256. The predicted molar refractivity (Wildman–Crippen MR) is 72.0 cm³/mol. The molecule has 6 heteroatoms. The fourth-order valence-corrected chi connectivity index (χ4v) is 1.77. The van der Waals surface area contributed by atoms with E-state index < -0.39 is 0 Å². The molecule has 0 aliphatic rings. The second kappa shape index (κ2) is 8.44. The maximum absolute atomic E-state index is 12.8. The topological polar surface area (TPSA) is 55.1 Å². The number of hydrogen-bond donors (Lipinski definition) is 2. The van der Waals surface area contributed by atoms with Gasteiger partial charge in [-0.25, -0.2) is 4.39 Å². The number of carbonyl (C=O) groups is 1. The zero-order valence-corrected chi connectivity index (χ0v) is 11.6. The fourth-order valence-electron chi connectivity index (χ4n) is 1.24. The maximum Gasteiger partial charge on any atom is 0.252 e. The number of unbranched alkanes of at least 4 members (excludes halogenated alkanes) is 1. The second-order valence-corrected chi connectivity index (χ2v) is 4.23. The second-order valence-electron chi connectivity index (χ2n) is 3.38. The first-order valence-corrected chi connectivity index (χ1v) is 5.87. The van der Waals surface area contributed by atoms with Crippen LogP contribution in [0.2, 0.25) is 0 Å². The minimum absolute atomic E-state index is 0. The molecular formula is C11H15BrClFN2O. The first-order chi connectivity index (χ1) is 7.65. The molecule has 0 saturated heterocycles. The van der Waals surface area contributed by atoms with Crippen LogP contribution in [0.15, 0.2) is 22.7 Å². The zero-order chi connectivity index (χ0) is 12.0. The Hall–Kier alpha value is -0.650. The Bertz CT molecular complexity index is 376. The number of nitrogens with one attached hydrogen (secondary N) is 1. The van der Waals surface area contributed by atoms with Crippen molar-refractivity contribution < 1.29 is 9.18 Å². The van der Waals surface area contributed by atoms with Crippen LogP contribution >= 0.6 is 28.3 Å². The van der Waals surface area contributed by atoms with E-state index in [0.717, 1.165) is 12.8 Å². The van der Waals surface area contributed by atoms with Gasteiger partial charge in [0.25, 0.3) is 5.91 Å². The standard InChI is InChI=1S/C11H14BrFN2O.ClH/c12-10-7-8(13)3-4-9(10)11(16)15-6-2-1-5-14;/h3-4,7H,1-2,5-6,14H2,(H,15,16);1H. The summed E-state index contributed by atoms with van der Waals surface area (Å²) in [5.41, 5.74) is 5.77. The predicted octanol–water partition coefficient (Wildman–Crippen LogP) is 2.48. The van der Waals surface area contributed by atoms with Crippen LogP contribution < -0.4 is 11.1 Å². The van der Waals surface area contributed by atoms with Gasteiger partial charge in [0, 0.05) is 11.0 Å². The first kappa shape index (κ1) is 16.4. The van der Waals surface area contributed by atoms with E-state index in [4.69, 9.17) is 5.73 Å². The van der Waals surface area contributed by atoms with Gasteiger partial charge in [-0.1, -0.05) is 0 Å². The number of halogens is 3. The van der Waals surface area contributed by atoms with Gasteiger partial charge < -0.3 is 11.1 Å². The minimum Gasteiger partial charge on any atom is -0.352 e. The van der Waals surface area contributed by atoms with Crippen molar-refractivity contribution in [1.82, 2.24) is 5.32 Å². The molecule has 0 saturated carbocycles. The average molecular weight is 326 g/mol. The molecule has 0 aromatic heterocycles. The van der Waals surface area contributed by atoms with Crippen LogP contribution in [-0.2, 0) is 0 Å². The third kappa shape index (κ3) is 5.48. The van der Waals surface area contributed by atoms with Crippen molar-refractivity contribution in [2.75, 3.05) is 13.1 Å². The highest BCUT2D eigenvalue weighted by Gasteiger charge is 2.09. The Kier molecular flexibility index (Phi) is 8.12. The van der Waals surface area contributed by atoms with Crippen molar-refractivity contribution >= 4 is 34.2 Å². The van der Waals surface area contributed by atoms with E-state index in [9.17, 15) is 9.18 Å². The molecule has 1 aromatic carbocycles. The Morgan fingerprint density at radius 1 is 1.41 bits per heavy atom. The molecular weight excluding hydrogens is 310 g/mol. The number of hydrogen-bond acceptors (Lipinski definition) is 2. The SMILES string of the molecule is Cl.NCCCCNC(=O)c1ccc(F)cc1Br. The minimum atomic E-state index is -0.369. The maximum atomic E-state index is 12.8. The van der Waals surface area contributed by atoms with Gasteiger partial charge in [-0.05, 0) is 53.5 Å². The number of carbonyl (C=O) groups excluding carboxylic acids is 1. The van der Waals surface area contributed by atoms with E-state index in [2.05, 4.69) is 21.2 Å². The Labute approximate surface area is 114 Å². The van der Waals surface area contributed by atoms with E-state index in [1.54, 1.807) is 0 Å². The number of amides is 1. The van der Waals surface area contributed by atoms with E-state index in [1.807, 2.05) is 0 Å². The van der Waals surface area contributed by atoms with Crippen LogP contribution in [0.25, 0.3) is 0 Å². The normalized spacial score (nSPS) is 9.59. The molecule has 0 atom stereocenters. The summed E-state index contributed by atoms with van der Waals surface area (Å²) in [5.74, 6) is -0.574. The van der Waals surface area contributed by atoms with Gasteiger partial charge in [-0.15, -0.1) is 12.4 Å². The molecule has 0 aliphatic heterocycles. The molecule has 1 rings (SSSR count). The lowest BCUT2D eigenvalue weighted by molar-refractivity contribution is 0.0952. The molecule has 0 aliphatic carbocycles. The lowest BCUT2D eigenvalue weighted by Gasteiger charge is -2.06. The largest absolute Gasteiger partial charge is 0.352 e. The summed E-state index contributed by atoms with van der Waals surface area (Å²) >= 11 is 3.15. The highest BCUT2D eigenvalue weighted by molar-refractivity contribution is 9.10. The summed E-state index contributed by atoms with van der Waals surface area (Å²) in [5, 5.41) is 2.75. The molecule has 96 valence electrons. The van der Waals surface area contributed by atoms with Gasteiger partial charge in [0.05, 0.1) is 5.56 Å². The average Bonchev–Trinajstić information content (AvgIpc) is 2.24. The van der Waals surface area contributed by atoms with Crippen molar-refractivity contribution in [3.8, 4) is 0 Å². The molecule has 3 nitrogen and oxygen atoms in total. The smallest absolute Gasteiger partial charge is 0.252 e. The van der Waals surface area contributed by atoms with Crippen molar-refractivity contribution in [3.05, 3.63) is 34.1 Å². The molecule has 0 spiro atoms. The first-order valence-electron chi connectivity index (χ1n) is 5.08. The molecule has 17 heavy (non-hydrogen) atoms. The third-order valence-corrected chi connectivity index (χ3v) is 2.75. The van der Waals surface area contributed by atoms with Gasteiger partial charge in [0.15, 0.2) is 0 Å². The molecule has 0 unspecified atom stereocenters. The third-order valence-electron chi connectivity index (χ3n) is 2.09. The zero-order valence-electron chi connectivity index (χ0n) is 9.21. The highest BCUT2D eigenvalue weighted by Crippen LogP contribution is 2.17. The van der Waals surface area contributed by atoms with Crippen molar-refractivity contribution in [3.63, 3.8) is 0 Å². The Morgan fingerprint density at radius 2 is 2.12 bits per heavy atom. The molecule has 0 bridgehead atoms. The monoisotopic (exact) mass is 324 g/mol. The lowest BCUT2D eigenvalue weighted by atomic mass is 10.2.